The normalized spacial score (nSPS) is 21.5. The topological polar surface area (TPSA) is 95.4 Å². The molecular weight excluding hydrogens is 438 g/mol. The summed E-state index contributed by atoms with van der Waals surface area (Å²) in [5.41, 5.74) is 0.653. The van der Waals surface area contributed by atoms with Crippen molar-refractivity contribution in [1.82, 2.24) is 4.98 Å². The zero-order valence-electron chi connectivity index (χ0n) is 18.0. The number of amides is 1. The Hall–Kier alpha value is -2.75. The molecule has 32 heavy (non-hydrogen) atoms. The number of halogens is 2. The lowest BCUT2D eigenvalue weighted by Gasteiger charge is -2.28. The molecule has 0 radical (unpaired) electrons. The summed E-state index contributed by atoms with van der Waals surface area (Å²) in [5, 5.41) is 2.90. The van der Waals surface area contributed by atoms with E-state index in [1.165, 1.54) is 31.7 Å². The molecule has 1 spiro atoms. The summed E-state index contributed by atoms with van der Waals surface area (Å²) in [7, 11) is -1.76. The van der Waals surface area contributed by atoms with E-state index in [1.807, 2.05) is 0 Å². The molecule has 1 unspecified atom stereocenters. The highest BCUT2D eigenvalue weighted by molar-refractivity contribution is 7.91. The number of pyridine rings is 1. The maximum absolute atomic E-state index is 14.4. The van der Waals surface area contributed by atoms with Crippen molar-refractivity contribution < 1.29 is 22.5 Å². The van der Waals surface area contributed by atoms with Gasteiger partial charge in [-0.3, -0.25) is 4.79 Å². The van der Waals surface area contributed by atoms with Crippen molar-refractivity contribution in [3.8, 4) is 5.75 Å². The first-order chi connectivity index (χ1) is 15.1. The number of hydrogen-bond acceptors (Lipinski definition) is 6. The second-order valence-electron chi connectivity index (χ2n) is 8.68. The van der Waals surface area contributed by atoms with Gasteiger partial charge in [-0.2, -0.15) is 4.39 Å². The van der Waals surface area contributed by atoms with Gasteiger partial charge in [0.15, 0.2) is 11.6 Å². The van der Waals surface area contributed by atoms with Crippen LogP contribution < -0.4 is 15.0 Å². The molecule has 1 aromatic heterocycles. The van der Waals surface area contributed by atoms with Gasteiger partial charge in [-0.05, 0) is 48.9 Å². The maximum Gasteiger partial charge on any atom is 0.247 e. The van der Waals surface area contributed by atoms with Gasteiger partial charge in [-0.1, -0.05) is 12.8 Å². The van der Waals surface area contributed by atoms with Crippen LogP contribution in [0.15, 0.2) is 35.5 Å². The predicted molar refractivity (Wildman–Crippen MR) is 117 cm³/mol. The van der Waals surface area contributed by atoms with Crippen LogP contribution in [0.4, 0.5) is 20.2 Å². The van der Waals surface area contributed by atoms with Crippen molar-refractivity contribution in [2.75, 3.05) is 30.1 Å². The van der Waals surface area contributed by atoms with Crippen molar-refractivity contribution in [2.45, 2.75) is 43.2 Å². The lowest BCUT2D eigenvalue weighted by molar-refractivity contribution is -0.117. The predicted octanol–water partition coefficient (Wildman–Crippen LogP) is 4.18. The fraction of sp³-hybridized carbons (Fsp3) is 0.455. The van der Waals surface area contributed by atoms with E-state index in [0.717, 1.165) is 31.7 Å². The number of nitrogens with one attached hydrogen (secondary N) is 2. The molecule has 2 aliphatic rings. The average Bonchev–Trinajstić information content (AvgIpc) is 3.36. The first-order valence-electron chi connectivity index (χ1n) is 10.4. The van der Waals surface area contributed by atoms with Gasteiger partial charge in [0.25, 0.3) is 0 Å². The SMILES string of the molecule is COc1c(N2CC3(CCCC3)CC2C(=O)Nc2ccnc([S@](C)(=N)=O)c2)ccc(F)c1F. The van der Waals surface area contributed by atoms with Crippen molar-refractivity contribution in [2.24, 2.45) is 5.41 Å². The Morgan fingerprint density at radius 3 is 2.69 bits per heavy atom. The molecule has 1 saturated carbocycles. The van der Waals surface area contributed by atoms with Crippen molar-refractivity contribution in [1.29, 1.82) is 4.78 Å². The number of anilines is 2. The molecule has 10 heteroatoms. The van der Waals surface area contributed by atoms with E-state index in [1.54, 1.807) is 11.0 Å². The number of carbonyl (C=O) groups is 1. The Morgan fingerprint density at radius 2 is 2.03 bits per heavy atom. The highest BCUT2D eigenvalue weighted by atomic mass is 32.2. The zero-order chi connectivity index (χ0) is 23.1. The minimum absolute atomic E-state index is 0.0692. The van der Waals surface area contributed by atoms with Crippen LogP contribution in [-0.4, -0.2) is 41.1 Å². The summed E-state index contributed by atoms with van der Waals surface area (Å²) in [6, 6.07) is 4.86. The van der Waals surface area contributed by atoms with E-state index >= 15 is 0 Å². The first kappa shape index (κ1) is 22.4. The number of nitrogens with zero attached hydrogens (tertiary/aromatic N) is 2. The molecule has 0 bridgehead atoms. The van der Waals surface area contributed by atoms with Crippen LogP contribution in [0.2, 0.25) is 0 Å². The van der Waals surface area contributed by atoms with Gasteiger partial charge in [-0.15, -0.1) is 0 Å². The quantitative estimate of drug-likeness (QED) is 0.692. The van der Waals surface area contributed by atoms with Gasteiger partial charge in [-0.25, -0.2) is 18.4 Å². The van der Waals surface area contributed by atoms with Gasteiger partial charge >= 0.3 is 0 Å². The molecule has 1 amide bonds. The fourth-order valence-corrected chi connectivity index (χ4v) is 5.51. The van der Waals surface area contributed by atoms with Crippen molar-refractivity contribution >= 4 is 27.0 Å². The third-order valence-corrected chi connectivity index (χ3v) is 7.44. The van der Waals surface area contributed by atoms with Crippen LogP contribution in [0.25, 0.3) is 0 Å². The van der Waals surface area contributed by atoms with Crippen LogP contribution in [0.1, 0.15) is 32.1 Å². The standard InChI is InChI=1S/C22H26F2N4O3S/c1-31-20-16(6-5-15(23)19(20)24)28-13-22(8-3-4-9-22)12-17(28)21(29)27-14-7-10-26-18(11-14)32(2,25)30/h5-7,10-11,17,25H,3-4,8-9,12-13H2,1-2H3,(H,26,27,29)/t17?,32-/m1/s1. The van der Waals surface area contributed by atoms with E-state index in [-0.39, 0.29) is 22.1 Å². The first-order valence-corrected chi connectivity index (χ1v) is 12.4. The van der Waals surface area contributed by atoms with Crippen LogP contribution in [0.5, 0.6) is 5.75 Å². The number of aromatic nitrogens is 1. The summed E-state index contributed by atoms with van der Waals surface area (Å²) in [6.45, 7) is 0.545. The second-order valence-corrected chi connectivity index (χ2v) is 10.8. The molecule has 2 fully saturated rings. The second kappa shape index (κ2) is 8.31. The van der Waals surface area contributed by atoms with Gasteiger partial charge in [0.2, 0.25) is 11.7 Å². The monoisotopic (exact) mass is 464 g/mol. The third kappa shape index (κ3) is 4.15. The van der Waals surface area contributed by atoms with Gasteiger partial charge in [0.1, 0.15) is 11.1 Å². The van der Waals surface area contributed by atoms with Crippen molar-refractivity contribution in [3.05, 3.63) is 42.1 Å². The Labute approximate surface area is 186 Å². The summed E-state index contributed by atoms with van der Waals surface area (Å²) in [5.74, 6) is -2.62. The number of hydrogen-bond donors (Lipinski definition) is 2. The molecule has 7 nitrogen and oxygen atoms in total. The molecule has 1 aliphatic heterocycles. The number of carbonyl (C=O) groups excluding carboxylic acids is 1. The molecule has 1 saturated heterocycles. The fourth-order valence-electron chi connectivity index (χ4n) is 4.90. The highest BCUT2D eigenvalue weighted by Gasteiger charge is 2.49. The zero-order valence-corrected chi connectivity index (χ0v) is 18.8. The molecule has 1 aliphatic carbocycles. The highest BCUT2D eigenvalue weighted by Crippen LogP contribution is 2.50. The smallest absolute Gasteiger partial charge is 0.247 e. The summed E-state index contributed by atoms with van der Waals surface area (Å²) in [6.07, 6.45) is 7.32. The number of benzene rings is 1. The van der Waals surface area contributed by atoms with Crippen LogP contribution in [0, 0.1) is 21.8 Å². The molecule has 2 aromatic rings. The number of rotatable bonds is 5. The minimum Gasteiger partial charge on any atom is -0.491 e. The average molecular weight is 465 g/mol. The molecule has 2 atom stereocenters. The lowest BCUT2D eigenvalue weighted by atomic mass is 9.84. The van der Waals surface area contributed by atoms with Gasteiger partial charge in [0.05, 0.1) is 22.5 Å². The van der Waals surface area contributed by atoms with E-state index in [9.17, 15) is 17.8 Å². The molecule has 2 N–H and O–H groups in total. The lowest BCUT2D eigenvalue weighted by Crippen LogP contribution is -2.40. The number of methoxy groups -OCH3 is 1. The van der Waals surface area contributed by atoms with E-state index in [4.69, 9.17) is 9.52 Å². The maximum atomic E-state index is 14.4. The minimum atomic E-state index is -3.04. The van der Waals surface area contributed by atoms with Crippen LogP contribution in [-0.2, 0) is 14.5 Å². The number of ether oxygens (including phenoxy) is 1. The van der Waals surface area contributed by atoms with E-state index < -0.39 is 27.4 Å². The summed E-state index contributed by atoms with van der Waals surface area (Å²) in [4.78, 5) is 19.1. The van der Waals surface area contributed by atoms with Gasteiger partial charge in [0, 0.05) is 24.7 Å². The molecule has 172 valence electrons. The Balaban J connectivity index is 1.68. The van der Waals surface area contributed by atoms with Crippen molar-refractivity contribution in [3.63, 3.8) is 0 Å². The Morgan fingerprint density at radius 1 is 1.31 bits per heavy atom. The Kier molecular flexibility index (Phi) is 5.83. The van der Waals surface area contributed by atoms with E-state index in [2.05, 4.69) is 10.3 Å². The molecule has 2 heterocycles. The van der Waals surface area contributed by atoms with Gasteiger partial charge < -0.3 is 15.0 Å². The molecule has 4 rings (SSSR count). The van der Waals surface area contributed by atoms with E-state index in [0.29, 0.717) is 24.3 Å². The molecular formula is C22H26F2N4O3S. The molecule has 1 aromatic carbocycles. The Bertz CT molecular complexity index is 1150. The summed E-state index contributed by atoms with van der Waals surface area (Å²) >= 11 is 0. The summed E-state index contributed by atoms with van der Waals surface area (Å²) < 4.78 is 53.2. The third-order valence-electron chi connectivity index (χ3n) is 6.42. The van der Waals surface area contributed by atoms with Crippen LogP contribution >= 0.6 is 0 Å². The largest absolute Gasteiger partial charge is 0.491 e. The van der Waals surface area contributed by atoms with Crippen LogP contribution in [0.3, 0.4) is 0 Å².